The van der Waals surface area contributed by atoms with Gasteiger partial charge in [-0.1, -0.05) is 51.1 Å². The minimum Gasteiger partial charge on any atom is -0.433 e. The Hall–Kier alpha value is -2.04. The normalized spacial score (nSPS) is 10.9. The molecular formula is C16H23NO4. The number of carbonyl (C=O) groups is 2. The zero-order valence-electron chi connectivity index (χ0n) is 13.1. The Morgan fingerprint density at radius 3 is 2.29 bits per heavy atom. The quantitative estimate of drug-likeness (QED) is 0.615. The summed E-state index contributed by atoms with van der Waals surface area (Å²) in [4.78, 5) is 29.1. The molecule has 0 radical (unpaired) electrons. The topological polar surface area (TPSA) is 55.8 Å². The molecule has 0 aromatic heterocycles. The highest BCUT2D eigenvalue weighted by Crippen LogP contribution is 2.24. The lowest BCUT2D eigenvalue weighted by Gasteiger charge is -2.29. The van der Waals surface area contributed by atoms with E-state index in [0.717, 1.165) is 10.6 Å². The van der Waals surface area contributed by atoms with Gasteiger partial charge in [-0.2, -0.15) is 5.06 Å². The summed E-state index contributed by atoms with van der Waals surface area (Å²) < 4.78 is 4.75. The summed E-state index contributed by atoms with van der Waals surface area (Å²) in [5.74, 6) is -0.248. The summed E-state index contributed by atoms with van der Waals surface area (Å²) in [7, 11) is 0. The number of benzene rings is 1. The van der Waals surface area contributed by atoms with Crippen molar-refractivity contribution in [2.75, 3.05) is 6.61 Å². The van der Waals surface area contributed by atoms with Crippen LogP contribution < -0.4 is 0 Å². The van der Waals surface area contributed by atoms with Crippen LogP contribution in [0.2, 0.25) is 0 Å². The van der Waals surface area contributed by atoms with Crippen molar-refractivity contribution in [1.29, 1.82) is 0 Å². The molecule has 0 bridgehead atoms. The molecule has 0 spiro atoms. The predicted molar refractivity (Wildman–Crippen MR) is 79.2 cm³/mol. The van der Waals surface area contributed by atoms with Crippen LogP contribution in [-0.4, -0.2) is 23.7 Å². The van der Waals surface area contributed by atoms with E-state index in [1.54, 1.807) is 6.92 Å². The van der Waals surface area contributed by atoms with E-state index in [1.165, 1.54) is 0 Å². The molecular weight excluding hydrogens is 270 g/mol. The standard InChI is InChI=1S/C16H23NO4/c1-5-16(3,4)14(18)17(21-15(19)20-6-2)12-13-10-8-7-9-11-13/h7-11H,5-6,12H2,1-4H3. The molecule has 1 amide bonds. The summed E-state index contributed by atoms with van der Waals surface area (Å²) in [6.07, 6.45) is -0.225. The van der Waals surface area contributed by atoms with Crippen LogP contribution in [0.4, 0.5) is 4.79 Å². The van der Waals surface area contributed by atoms with Gasteiger partial charge < -0.3 is 9.57 Å². The molecule has 116 valence electrons. The van der Waals surface area contributed by atoms with E-state index in [4.69, 9.17) is 9.57 Å². The number of hydrogen-bond donors (Lipinski definition) is 0. The molecule has 0 saturated heterocycles. The van der Waals surface area contributed by atoms with E-state index in [1.807, 2.05) is 51.1 Å². The van der Waals surface area contributed by atoms with Gasteiger partial charge in [0, 0.05) is 5.41 Å². The molecule has 0 unspecified atom stereocenters. The molecule has 0 N–H and O–H groups in total. The first-order valence-corrected chi connectivity index (χ1v) is 7.11. The molecule has 0 atom stereocenters. The van der Waals surface area contributed by atoms with Gasteiger partial charge in [0.25, 0.3) is 5.91 Å². The van der Waals surface area contributed by atoms with E-state index < -0.39 is 11.6 Å². The van der Waals surface area contributed by atoms with Crippen LogP contribution >= 0.6 is 0 Å². The second-order valence-electron chi connectivity index (χ2n) is 5.34. The van der Waals surface area contributed by atoms with E-state index in [0.29, 0.717) is 6.42 Å². The van der Waals surface area contributed by atoms with Gasteiger partial charge >= 0.3 is 6.16 Å². The van der Waals surface area contributed by atoms with Crippen molar-refractivity contribution >= 4 is 12.1 Å². The Kier molecular flexibility index (Phi) is 6.21. The van der Waals surface area contributed by atoms with Gasteiger partial charge in [-0.05, 0) is 18.9 Å². The molecule has 0 heterocycles. The maximum atomic E-state index is 12.5. The van der Waals surface area contributed by atoms with Crippen molar-refractivity contribution in [2.45, 2.75) is 40.7 Å². The van der Waals surface area contributed by atoms with Crippen LogP contribution in [0, 0.1) is 5.41 Å². The van der Waals surface area contributed by atoms with Gasteiger partial charge in [0.05, 0.1) is 13.2 Å². The molecule has 1 aromatic carbocycles. The first kappa shape index (κ1) is 17.0. The third-order valence-electron chi connectivity index (χ3n) is 3.31. The van der Waals surface area contributed by atoms with Crippen LogP contribution in [0.5, 0.6) is 0 Å². The monoisotopic (exact) mass is 293 g/mol. The summed E-state index contributed by atoms with van der Waals surface area (Å²) in [6, 6.07) is 9.36. The van der Waals surface area contributed by atoms with Gasteiger partial charge in [0.1, 0.15) is 0 Å². The zero-order chi connectivity index (χ0) is 15.9. The molecule has 21 heavy (non-hydrogen) atoms. The van der Waals surface area contributed by atoms with Crippen molar-refractivity contribution in [3.8, 4) is 0 Å². The SMILES string of the molecule is CCOC(=O)ON(Cc1ccccc1)C(=O)C(C)(C)CC. The third kappa shape index (κ3) is 5.10. The molecule has 0 aliphatic carbocycles. The number of amides is 1. The highest BCUT2D eigenvalue weighted by atomic mass is 16.8. The van der Waals surface area contributed by atoms with Crippen molar-refractivity contribution < 1.29 is 19.2 Å². The fraction of sp³-hybridized carbons (Fsp3) is 0.500. The summed E-state index contributed by atoms with van der Waals surface area (Å²) in [6.45, 7) is 7.64. The fourth-order valence-corrected chi connectivity index (χ4v) is 1.62. The van der Waals surface area contributed by atoms with Crippen molar-refractivity contribution in [1.82, 2.24) is 5.06 Å². The number of hydrogen-bond acceptors (Lipinski definition) is 4. The Balaban J connectivity index is 2.89. The number of hydroxylamine groups is 2. The van der Waals surface area contributed by atoms with Crippen molar-refractivity contribution in [3.63, 3.8) is 0 Å². The predicted octanol–water partition coefficient (Wildman–Crippen LogP) is 3.54. The molecule has 1 aromatic rings. The van der Waals surface area contributed by atoms with Gasteiger partial charge in [-0.15, -0.1) is 0 Å². The van der Waals surface area contributed by atoms with E-state index in [-0.39, 0.29) is 19.1 Å². The highest BCUT2D eigenvalue weighted by molar-refractivity contribution is 5.82. The minimum atomic E-state index is -0.867. The van der Waals surface area contributed by atoms with Crippen LogP contribution in [0.3, 0.4) is 0 Å². The molecule has 0 saturated carbocycles. The largest absolute Gasteiger partial charge is 0.533 e. The number of carbonyl (C=O) groups excluding carboxylic acids is 2. The van der Waals surface area contributed by atoms with Gasteiger partial charge in [-0.25, -0.2) is 4.79 Å². The van der Waals surface area contributed by atoms with Crippen LogP contribution in [-0.2, 0) is 20.9 Å². The summed E-state index contributed by atoms with van der Waals surface area (Å²) in [5.41, 5.74) is 0.267. The lowest BCUT2D eigenvalue weighted by Crippen LogP contribution is -2.41. The Morgan fingerprint density at radius 2 is 1.76 bits per heavy atom. The maximum absolute atomic E-state index is 12.5. The van der Waals surface area contributed by atoms with Crippen molar-refractivity contribution in [2.24, 2.45) is 5.41 Å². The van der Waals surface area contributed by atoms with E-state index >= 15 is 0 Å². The lowest BCUT2D eigenvalue weighted by atomic mass is 9.89. The zero-order valence-corrected chi connectivity index (χ0v) is 13.1. The second-order valence-corrected chi connectivity index (χ2v) is 5.34. The number of nitrogens with zero attached hydrogens (tertiary/aromatic N) is 1. The molecule has 1 rings (SSSR count). The molecule has 0 aliphatic heterocycles. The molecule has 5 heteroatoms. The first-order valence-electron chi connectivity index (χ1n) is 7.11. The van der Waals surface area contributed by atoms with Crippen LogP contribution in [0.25, 0.3) is 0 Å². The fourth-order valence-electron chi connectivity index (χ4n) is 1.62. The smallest absolute Gasteiger partial charge is 0.433 e. The highest BCUT2D eigenvalue weighted by Gasteiger charge is 2.33. The maximum Gasteiger partial charge on any atom is 0.533 e. The average Bonchev–Trinajstić information content (AvgIpc) is 2.47. The number of rotatable bonds is 5. The second kappa shape index (κ2) is 7.67. The third-order valence-corrected chi connectivity index (χ3v) is 3.31. The molecule has 0 aliphatic rings. The Morgan fingerprint density at radius 1 is 1.14 bits per heavy atom. The van der Waals surface area contributed by atoms with Crippen LogP contribution in [0.15, 0.2) is 30.3 Å². The van der Waals surface area contributed by atoms with Gasteiger partial charge in [0.15, 0.2) is 0 Å². The summed E-state index contributed by atoms with van der Waals surface area (Å²) >= 11 is 0. The van der Waals surface area contributed by atoms with Gasteiger partial charge in [-0.3, -0.25) is 4.79 Å². The minimum absolute atomic E-state index is 0.196. The first-order chi connectivity index (χ1) is 9.90. The molecule has 5 nitrogen and oxygen atoms in total. The average molecular weight is 293 g/mol. The lowest BCUT2D eigenvalue weighted by molar-refractivity contribution is -0.185. The summed E-state index contributed by atoms with van der Waals surface area (Å²) in [5, 5.41) is 1.08. The Bertz CT molecular complexity index is 470. The van der Waals surface area contributed by atoms with E-state index in [2.05, 4.69) is 0 Å². The van der Waals surface area contributed by atoms with Crippen molar-refractivity contribution in [3.05, 3.63) is 35.9 Å². The van der Waals surface area contributed by atoms with E-state index in [9.17, 15) is 9.59 Å². The Labute approximate surface area is 125 Å². The number of ether oxygens (including phenoxy) is 1. The molecule has 0 fully saturated rings. The van der Waals surface area contributed by atoms with Gasteiger partial charge in [0.2, 0.25) is 0 Å². The van der Waals surface area contributed by atoms with Crippen LogP contribution in [0.1, 0.15) is 39.7 Å².